The molecule has 2 nitrogen and oxygen atoms in total. The number of aryl methyl sites for hydroxylation is 1. The van der Waals surface area contributed by atoms with E-state index in [9.17, 15) is 5.11 Å². The highest BCUT2D eigenvalue weighted by atomic mass is 16.5. The second-order valence-corrected chi connectivity index (χ2v) is 5.18. The van der Waals surface area contributed by atoms with E-state index in [1.54, 1.807) is 7.11 Å². The van der Waals surface area contributed by atoms with E-state index in [0.29, 0.717) is 6.42 Å². The van der Waals surface area contributed by atoms with Crippen molar-refractivity contribution >= 4 is 0 Å². The number of benzene rings is 1. The number of aliphatic hydroxyl groups is 1. The minimum atomic E-state index is -0.391. The van der Waals surface area contributed by atoms with Crippen LogP contribution in [0.25, 0.3) is 0 Å². The summed E-state index contributed by atoms with van der Waals surface area (Å²) >= 11 is 0. The third-order valence-corrected chi connectivity index (χ3v) is 4.01. The fourth-order valence-corrected chi connectivity index (χ4v) is 2.78. The summed E-state index contributed by atoms with van der Waals surface area (Å²) in [5.74, 6) is 0. The molecule has 2 rings (SSSR count). The Kier molecular flexibility index (Phi) is 3.85. The molecule has 0 aromatic heterocycles. The van der Waals surface area contributed by atoms with Crippen LogP contribution < -0.4 is 0 Å². The van der Waals surface area contributed by atoms with Gasteiger partial charge in [-0.15, -0.1) is 0 Å². The molecule has 0 radical (unpaired) electrons. The van der Waals surface area contributed by atoms with E-state index < -0.39 is 6.10 Å². The predicted octanol–water partition coefficient (Wildman–Crippen LogP) is 2.86. The molecule has 1 unspecified atom stereocenters. The summed E-state index contributed by atoms with van der Waals surface area (Å²) in [5.41, 5.74) is 2.14. The molecule has 0 saturated heterocycles. The van der Waals surface area contributed by atoms with Crippen molar-refractivity contribution in [3.63, 3.8) is 0 Å². The van der Waals surface area contributed by atoms with Gasteiger partial charge in [0.2, 0.25) is 0 Å². The lowest BCUT2D eigenvalue weighted by Gasteiger charge is -2.33. The fraction of sp³-hybridized carbons (Fsp3) is 0.600. The van der Waals surface area contributed by atoms with Gasteiger partial charge in [0, 0.05) is 13.5 Å². The van der Waals surface area contributed by atoms with E-state index in [1.807, 2.05) is 0 Å². The van der Waals surface area contributed by atoms with Gasteiger partial charge in [-0.3, -0.25) is 0 Å². The molecule has 1 N–H and O–H groups in total. The van der Waals surface area contributed by atoms with Gasteiger partial charge in [-0.05, 0) is 25.3 Å². The van der Waals surface area contributed by atoms with Gasteiger partial charge in [0.25, 0.3) is 0 Å². The summed E-state index contributed by atoms with van der Waals surface area (Å²) < 4.78 is 5.61. The van der Waals surface area contributed by atoms with Gasteiger partial charge < -0.3 is 9.84 Å². The molecule has 0 bridgehead atoms. The van der Waals surface area contributed by atoms with Gasteiger partial charge in [0.05, 0.1) is 11.7 Å². The first-order chi connectivity index (χ1) is 8.16. The quantitative estimate of drug-likeness (QED) is 0.868. The zero-order valence-electron chi connectivity index (χ0n) is 10.8. The normalized spacial score (nSPS) is 20.4. The van der Waals surface area contributed by atoms with Crippen LogP contribution in [0, 0.1) is 6.92 Å². The van der Waals surface area contributed by atoms with Crippen LogP contribution in [0.1, 0.15) is 36.8 Å². The van der Waals surface area contributed by atoms with Crippen LogP contribution in [0.3, 0.4) is 0 Å². The molecule has 0 heterocycles. The molecule has 1 saturated carbocycles. The van der Waals surface area contributed by atoms with Crippen molar-refractivity contribution < 1.29 is 9.84 Å². The molecule has 2 heteroatoms. The lowest BCUT2D eigenvalue weighted by Crippen LogP contribution is -2.42. The van der Waals surface area contributed by atoms with Crippen LogP contribution in [0.2, 0.25) is 0 Å². The molecule has 94 valence electrons. The third kappa shape index (κ3) is 2.70. The van der Waals surface area contributed by atoms with Crippen molar-refractivity contribution in [2.45, 2.75) is 50.7 Å². The van der Waals surface area contributed by atoms with Crippen molar-refractivity contribution in [1.29, 1.82) is 0 Å². The molecule has 1 aromatic carbocycles. The van der Waals surface area contributed by atoms with Crippen LogP contribution in [-0.2, 0) is 11.2 Å². The molecule has 1 fully saturated rings. The highest BCUT2D eigenvalue weighted by Gasteiger charge is 2.40. The monoisotopic (exact) mass is 234 g/mol. The van der Waals surface area contributed by atoms with Crippen LogP contribution in [0.15, 0.2) is 24.3 Å². The molecule has 1 atom stereocenters. The number of ether oxygens (including phenoxy) is 1. The highest BCUT2D eigenvalue weighted by Crippen LogP contribution is 2.36. The average molecular weight is 234 g/mol. The number of aliphatic hydroxyl groups excluding tert-OH is 1. The second kappa shape index (κ2) is 5.19. The summed E-state index contributed by atoms with van der Waals surface area (Å²) in [6.07, 6.45) is 4.59. The maximum Gasteiger partial charge on any atom is 0.0939 e. The molecule has 1 aliphatic carbocycles. The van der Waals surface area contributed by atoms with Crippen LogP contribution in [-0.4, -0.2) is 23.9 Å². The first-order valence-electron chi connectivity index (χ1n) is 6.45. The highest BCUT2D eigenvalue weighted by molar-refractivity contribution is 5.22. The minimum absolute atomic E-state index is 0.301. The summed E-state index contributed by atoms with van der Waals surface area (Å²) in [7, 11) is 1.73. The Hall–Kier alpha value is -0.860. The van der Waals surface area contributed by atoms with Crippen LogP contribution in [0.4, 0.5) is 0 Å². The zero-order valence-corrected chi connectivity index (χ0v) is 10.8. The maximum absolute atomic E-state index is 10.4. The lowest BCUT2D eigenvalue weighted by molar-refractivity contribution is -0.0971. The van der Waals surface area contributed by atoms with Gasteiger partial charge in [0.1, 0.15) is 0 Å². The molecule has 0 spiro atoms. The Bertz CT molecular complexity index is 350. The summed E-state index contributed by atoms with van der Waals surface area (Å²) in [6, 6.07) is 8.38. The average Bonchev–Trinajstić information content (AvgIpc) is 2.82. The first kappa shape index (κ1) is 12.6. The Labute approximate surface area is 104 Å². The van der Waals surface area contributed by atoms with Crippen molar-refractivity contribution in [3.8, 4) is 0 Å². The van der Waals surface area contributed by atoms with Gasteiger partial charge in [0.15, 0.2) is 0 Å². The molecule has 17 heavy (non-hydrogen) atoms. The van der Waals surface area contributed by atoms with Gasteiger partial charge in [-0.25, -0.2) is 0 Å². The standard InChI is InChI=1S/C15H22O2/c1-12-5-7-13(8-6-12)11-14(16)15(17-2)9-3-4-10-15/h5-8,14,16H,3-4,9-11H2,1-2H3. The molecular formula is C15H22O2. The van der Waals surface area contributed by atoms with Gasteiger partial charge in [-0.2, -0.15) is 0 Å². The van der Waals surface area contributed by atoms with Gasteiger partial charge in [-0.1, -0.05) is 42.7 Å². The fourth-order valence-electron chi connectivity index (χ4n) is 2.78. The van der Waals surface area contributed by atoms with Gasteiger partial charge >= 0.3 is 0 Å². The molecule has 0 aliphatic heterocycles. The summed E-state index contributed by atoms with van der Waals surface area (Å²) in [6.45, 7) is 2.08. The number of rotatable bonds is 4. The Morgan fingerprint density at radius 3 is 2.35 bits per heavy atom. The first-order valence-corrected chi connectivity index (χ1v) is 6.45. The largest absolute Gasteiger partial charge is 0.390 e. The Morgan fingerprint density at radius 1 is 1.24 bits per heavy atom. The van der Waals surface area contributed by atoms with E-state index in [-0.39, 0.29) is 5.60 Å². The molecular weight excluding hydrogens is 212 g/mol. The molecule has 1 aliphatic rings. The summed E-state index contributed by atoms with van der Waals surface area (Å²) in [4.78, 5) is 0. The number of methoxy groups -OCH3 is 1. The lowest BCUT2D eigenvalue weighted by atomic mass is 9.89. The van der Waals surface area contributed by atoms with E-state index in [1.165, 1.54) is 24.0 Å². The molecule has 1 aromatic rings. The van der Waals surface area contributed by atoms with Crippen molar-refractivity contribution in [1.82, 2.24) is 0 Å². The maximum atomic E-state index is 10.4. The number of hydrogen-bond donors (Lipinski definition) is 1. The van der Waals surface area contributed by atoms with Crippen molar-refractivity contribution in [2.75, 3.05) is 7.11 Å². The summed E-state index contributed by atoms with van der Waals surface area (Å²) in [5, 5.41) is 10.4. The van der Waals surface area contributed by atoms with E-state index in [0.717, 1.165) is 12.8 Å². The topological polar surface area (TPSA) is 29.5 Å². The minimum Gasteiger partial charge on any atom is -0.390 e. The second-order valence-electron chi connectivity index (χ2n) is 5.18. The molecule has 0 amide bonds. The smallest absolute Gasteiger partial charge is 0.0939 e. The SMILES string of the molecule is COC1(C(O)Cc2ccc(C)cc2)CCCC1. The van der Waals surface area contributed by atoms with E-state index in [2.05, 4.69) is 31.2 Å². The van der Waals surface area contributed by atoms with E-state index in [4.69, 9.17) is 4.74 Å². The van der Waals surface area contributed by atoms with Crippen LogP contribution in [0.5, 0.6) is 0 Å². The zero-order chi connectivity index (χ0) is 12.3. The third-order valence-electron chi connectivity index (χ3n) is 4.01. The Morgan fingerprint density at radius 2 is 1.82 bits per heavy atom. The Balaban J connectivity index is 2.05. The number of hydrogen-bond acceptors (Lipinski definition) is 2. The van der Waals surface area contributed by atoms with Crippen molar-refractivity contribution in [2.24, 2.45) is 0 Å². The van der Waals surface area contributed by atoms with Crippen LogP contribution >= 0.6 is 0 Å². The predicted molar refractivity (Wildman–Crippen MR) is 69.1 cm³/mol. The van der Waals surface area contributed by atoms with E-state index >= 15 is 0 Å². The van der Waals surface area contributed by atoms with Crippen molar-refractivity contribution in [3.05, 3.63) is 35.4 Å².